The predicted molar refractivity (Wildman–Crippen MR) is 132 cm³/mol. The number of rotatable bonds is 7. The van der Waals surface area contributed by atoms with E-state index < -0.39 is 0 Å². The van der Waals surface area contributed by atoms with E-state index >= 15 is 0 Å². The molecule has 2 aliphatic heterocycles. The van der Waals surface area contributed by atoms with Gasteiger partial charge in [-0.15, -0.1) is 0 Å². The smallest absolute Gasteiger partial charge is 0.229 e. The molecule has 9 heteroatoms. The molecule has 0 unspecified atom stereocenters. The normalized spacial score (nSPS) is 17.5. The maximum absolute atomic E-state index is 12.2. The highest BCUT2D eigenvalue weighted by molar-refractivity contribution is 5.93. The summed E-state index contributed by atoms with van der Waals surface area (Å²) in [5.41, 5.74) is 3.99. The highest BCUT2D eigenvalue weighted by Gasteiger charge is 2.20. The number of carbonyl (C=O) groups excluding carboxylic acids is 1. The van der Waals surface area contributed by atoms with Crippen LogP contribution in [0, 0.1) is 0 Å². The first-order chi connectivity index (χ1) is 16.6. The van der Waals surface area contributed by atoms with Gasteiger partial charge in [-0.25, -0.2) is 0 Å². The second kappa shape index (κ2) is 9.97. The molecule has 4 heterocycles. The molecule has 5 rings (SSSR count). The van der Waals surface area contributed by atoms with Gasteiger partial charge in [0.1, 0.15) is 0 Å². The van der Waals surface area contributed by atoms with Gasteiger partial charge in [0.05, 0.1) is 6.20 Å². The number of fused-ring (bicyclic) bond motifs is 1. The molecule has 9 nitrogen and oxygen atoms in total. The first kappa shape index (κ1) is 22.6. The van der Waals surface area contributed by atoms with Crippen LogP contribution in [0.1, 0.15) is 63.0 Å². The van der Waals surface area contributed by atoms with Gasteiger partial charge in [0, 0.05) is 50.0 Å². The third-order valence-corrected chi connectivity index (χ3v) is 6.59. The zero-order valence-electron chi connectivity index (χ0n) is 20.0. The Balaban J connectivity index is 1.35. The molecule has 0 spiro atoms. The van der Waals surface area contributed by atoms with Crippen molar-refractivity contribution >= 4 is 29.1 Å². The van der Waals surface area contributed by atoms with Crippen LogP contribution in [0.3, 0.4) is 0 Å². The van der Waals surface area contributed by atoms with Crippen LogP contribution in [0.15, 0.2) is 30.5 Å². The zero-order valence-corrected chi connectivity index (χ0v) is 20.0. The fraction of sp³-hybridized carbons (Fsp3) is 0.520. The van der Waals surface area contributed by atoms with Crippen molar-refractivity contribution < 1.29 is 9.53 Å². The van der Waals surface area contributed by atoms with Crippen LogP contribution >= 0.6 is 0 Å². The number of amides is 1. The highest BCUT2D eigenvalue weighted by Crippen LogP contribution is 2.24. The summed E-state index contributed by atoms with van der Waals surface area (Å²) in [6, 6.07) is 8.48. The van der Waals surface area contributed by atoms with Crippen LogP contribution in [-0.2, 0) is 16.1 Å². The molecule has 1 aromatic carbocycles. The standard InChI is InChI=1S/C25H33N7O2/c1-17(2)21-16-27-32-23(21)29-24(28-19-10-13-34-14-11-19)30-25(32)26-15-18-6-8-20(9-7-18)31-12-4-3-5-22(31)33/h6-9,16-17,19H,3-5,10-15H2,1-2H3,(H2,26,28,29,30). The van der Waals surface area contributed by atoms with E-state index in [2.05, 4.69) is 41.7 Å². The Labute approximate surface area is 199 Å². The second-order valence-electron chi connectivity index (χ2n) is 9.41. The number of hydrogen-bond acceptors (Lipinski definition) is 7. The molecular weight excluding hydrogens is 430 g/mol. The molecule has 2 aromatic heterocycles. The van der Waals surface area contributed by atoms with Crippen molar-refractivity contribution in [1.82, 2.24) is 19.6 Å². The van der Waals surface area contributed by atoms with E-state index in [-0.39, 0.29) is 5.91 Å². The average Bonchev–Trinajstić information content (AvgIpc) is 3.28. The van der Waals surface area contributed by atoms with Gasteiger partial charge in [0.2, 0.25) is 17.8 Å². The van der Waals surface area contributed by atoms with Crippen molar-refractivity contribution in [1.29, 1.82) is 0 Å². The third kappa shape index (κ3) is 4.84. The Morgan fingerprint density at radius 1 is 1.12 bits per heavy atom. The monoisotopic (exact) mass is 463 g/mol. The maximum Gasteiger partial charge on any atom is 0.229 e. The van der Waals surface area contributed by atoms with E-state index in [0.717, 1.165) is 67.9 Å². The first-order valence-corrected chi connectivity index (χ1v) is 12.3. The Morgan fingerprint density at radius 3 is 2.65 bits per heavy atom. The summed E-state index contributed by atoms with van der Waals surface area (Å²) in [5.74, 6) is 1.79. The van der Waals surface area contributed by atoms with E-state index in [0.29, 0.717) is 36.8 Å². The summed E-state index contributed by atoms with van der Waals surface area (Å²) in [6.45, 7) is 7.20. The number of ether oxygens (including phenoxy) is 1. The van der Waals surface area contributed by atoms with Gasteiger partial charge in [-0.3, -0.25) is 4.79 Å². The zero-order chi connectivity index (χ0) is 23.5. The second-order valence-corrected chi connectivity index (χ2v) is 9.41. The van der Waals surface area contributed by atoms with Crippen LogP contribution in [0.5, 0.6) is 0 Å². The van der Waals surface area contributed by atoms with Gasteiger partial charge in [-0.1, -0.05) is 26.0 Å². The van der Waals surface area contributed by atoms with Crippen molar-refractivity contribution in [3.8, 4) is 0 Å². The molecule has 2 N–H and O–H groups in total. The molecule has 0 saturated carbocycles. The number of nitrogens with one attached hydrogen (secondary N) is 2. The molecule has 0 aliphatic carbocycles. The summed E-state index contributed by atoms with van der Waals surface area (Å²) in [5, 5.41) is 11.5. The maximum atomic E-state index is 12.2. The minimum Gasteiger partial charge on any atom is -0.381 e. The molecule has 2 aliphatic rings. The summed E-state index contributed by atoms with van der Waals surface area (Å²) < 4.78 is 7.26. The average molecular weight is 464 g/mol. The topological polar surface area (TPSA) is 96.7 Å². The van der Waals surface area contributed by atoms with Gasteiger partial charge >= 0.3 is 0 Å². The number of carbonyl (C=O) groups is 1. The number of benzene rings is 1. The Morgan fingerprint density at radius 2 is 1.91 bits per heavy atom. The van der Waals surface area contributed by atoms with Gasteiger partial charge < -0.3 is 20.3 Å². The number of hydrogen-bond donors (Lipinski definition) is 2. The van der Waals surface area contributed by atoms with Gasteiger partial charge in [-0.2, -0.15) is 19.6 Å². The third-order valence-electron chi connectivity index (χ3n) is 6.59. The largest absolute Gasteiger partial charge is 0.381 e. The van der Waals surface area contributed by atoms with Crippen molar-refractivity contribution in [2.45, 2.75) is 64.5 Å². The fourth-order valence-electron chi connectivity index (χ4n) is 4.56. The number of aromatic nitrogens is 4. The van der Waals surface area contributed by atoms with Crippen LogP contribution in [0.4, 0.5) is 17.6 Å². The van der Waals surface area contributed by atoms with Gasteiger partial charge in [0.25, 0.3) is 0 Å². The van der Waals surface area contributed by atoms with E-state index in [4.69, 9.17) is 14.7 Å². The molecule has 2 fully saturated rings. The lowest BCUT2D eigenvalue weighted by atomic mass is 10.1. The van der Waals surface area contributed by atoms with Crippen molar-refractivity contribution in [2.24, 2.45) is 0 Å². The summed E-state index contributed by atoms with van der Waals surface area (Å²) in [4.78, 5) is 23.7. The van der Waals surface area contributed by atoms with E-state index in [1.807, 2.05) is 23.2 Å². The van der Waals surface area contributed by atoms with Crippen molar-refractivity contribution in [3.63, 3.8) is 0 Å². The Kier molecular flexibility index (Phi) is 6.62. The minimum atomic E-state index is 0.213. The SMILES string of the molecule is CC(C)c1cnn2c(NCc3ccc(N4CCCCC4=O)cc3)nc(NC3CCOCC3)nc12. The molecule has 0 radical (unpaired) electrons. The van der Waals surface area contributed by atoms with Crippen molar-refractivity contribution in [3.05, 3.63) is 41.6 Å². The summed E-state index contributed by atoms with van der Waals surface area (Å²) in [6.07, 6.45) is 6.45. The lowest BCUT2D eigenvalue weighted by Gasteiger charge is -2.26. The van der Waals surface area contributed by atoms with E-state index in [1.54, 1.807) is 4.52 Å². The van der Waals surface area contributed by atoms with E-state index in [1.165, 1.54) is 0 Å². The quantitative estimate of drug-likeness (QED) is 0.547. The molecule has 0 bridgehead atoms. The predicted octanol–water partition coefficient (Wildman–Crippen LogP) is 3.97. The molecule has 180 valence electrons. The fourth-order valence-corrected chi connectivity index (χ4v) is 4.56. The highest BCUT2D eigenvalue weighted by atomic mass is 16.5. The van der Waals surface area contributed by atoms with Crippen LogP contribution < -0.4 is 15.5 Å². The minimum absolute atomic E-state index is 0.213. The van der Waals surface area contributed by atoms with Crippen LogP contribution in [-0.4, -0.2) is 51.3 Å². The number of anilines is 3. The van der Waals surface area contributed by atoms with Crippen LogP contribution in [0.25, 0.3) is 5.65 Å². The molecule has 34 heavy (non-hydrogen) atoms. The lowest BCUT2D eigenvalue weighted by molar-refractivity contribution is -0.119. The number of nitrogens with zero attached hydrogens (tertiary/aromatic N) is 5. The molecule has 3 aromatic rings. The molecule has 0 atom stereocenters. The van der Waals surface area contributed by atoms with Gasteiger partial charge in [-0.05, 0) is 49.3 Å². The molecule has 1 amide bonds. The summed E-state index contributed by atoms with van der Waals surface area (Å²) in [7, 11) is 0. The lowest BCUT2D eigenvalue weighted by Crippen LogP contribution is -2.35. The van der Waals surface area contributed by atoms with E-state index in [9.17, 15) is 4.79 Å². The molecule has 2 saturated heterocycles. The Hall–Kier alpha value is -3.20. The first-order valence-electron chi connectivity index (χ1n) is 12.3. The van der Waals surface area contributed by atoms with Crippen molar-refractivity contribution in [2.75, 3.05) is 35.3 Å². The molecular formula is C25H33N7O2. The summed E-state index contributed by atoms with van der Waals surface area (Å²) >= 11 is 0. The number of piperidine rings is 1. The Bertz CT molecular complexity index is 1140. The van der Waals surface area contributed by atoms with Crippen LogP contribution in [0.2, 0.25) is 0 Å². The van der Waals surface area contributed by atoms with Gasteiger partial charge in [0.15, 0.2) is 5.65 Å².